The van der Waals surface area contributed by atoms with Crippen LogP contribution in [0, 0.1) is 20.2 Å². The van der Waals surface area contributed by atoms with Gasteiger partial charge >= 0.3 is 5.69 Å². The summed E-state index contributed by atoms with van der Waals surface area (Å²) in [6.07, 6.45) is 1.55. The van der Waals surface area contributed by atoms with Gasteiger partial charge in [0.1, 0.15) is 0 Å². The van der Waals surface area contributed by atoms with Crippen LogP contribution in [0.25, 0.3) is 0 Å². The zero-order chi connectivity index (χ0) is 21.4. The predicted molar refractivity (Wildman–Crippen MR) is 106 cm³/mol. The van der Waals surface area contributed by atoms with Gasteiger partial charge in [-0.15, -0.1) is 0 Å². The fraction of sp³-hybridized carbons (Fsp3) is 0.263. The quantitative estimate of drug-likeness (QED) is 0.389. The maximum atomic E-state index is 12.0. The number of hydrogen-bond donors (Lipinski definition) is 1. The molecule has 0 bridgehead atoms. The molecule has 0 heterocycles. The molecule has 0 spiro atoms. The van der Waals surface area contributed by atoms with Crippen LogP contribution in [0.2, 0.25) is 0 Å². The first-order valence-electron chi connectivity index (χ1n) is 8.80. The van der Waals surface area contributed by atoms with E-state index >= 15 is 0 Å². The van der Waals surface area contributed by atoms with Crippen LogP contribution in [-0.2, 0) is 11.2 Å². The number of hydrogen-bond acceptors (Lipinski definition) is 7. The number of nitrogens with zero attached hydrogens (tertiary/aromatic N) is 3. The molecule has 2 aromatic rings. The number of amides is 1. The minimum Gasteiger partial charge on any atom is -0.477 e. The lowest BCUT2D eigenvalue weighted by atomic mass is 10.1. The summed E-state index contributed by atoms with van der Waals surface area (Å²) in [6, 6.07) is 10.4. The Bertz CT molecular complexity index is 957. The molecule has 1 amide bonds. The summed E-state index contributed by atoms with van der Waals surface area (Å²) in [6.45, 7) is 3.08. The number of carbonyl (C=O) groups is 1. The van der Waals surface area contributed by atoms with Crippen LogP contribution in [0.5, 0.6) is 5.75 Å². The van der Waals surface area contributed by atoms with Crippen molar-refractivity contribution in [3.63, 3.8) is 0 Å². The van der Waals surface area contributed by atoms with Crippen molar-refractivity contribution in [1.29, 1.82) is 0 Å². The van der Waals surface area contributed by atoms with E-state index in [4.69, 9.17) is 4.74 Å². The van der Waals surface area contributed by atoms with E-state index in [1.54, 1.807) is 19.1 Å². The number of benzene rings is 2. The Morgan fingerprint density at radius 2 is 1.90 bits per heavy atom. The zero-order valence-corrected chi connectivity index (χ0v) is 16.0. The molecule has 0 atom stereocenters. The van der Waals surface area contributed by atoms with Gasteiger partial charge in [-0.3, -0.25) is 25.0 Å². The Morgan fingerprint density at radius 1 is 1.14 bits per heavy atom. The van der Waals surface area contributed by atoms with Crippen LogP contribution in [0.1, 0.15) is 31.4 Å². The Kier molecular flexibility index (Phi) is 7.35. The maximum Gasteiger partial charge on any atom is 0.311 e. The second kappa shape index (κ2) is 9.93. The molecular formula is C19H20N4O6. The molecule has 10 nitrogen and oxygen atoms in total. The first-order valence-corrected chi connectivity index (χ1v) is 8.80. The van der Waals surface area contributed by atoms with Gasteiger partial charge in [-0.2, -0.15) is 5.10 Å². The molecule has 0 fully saturated rings. The minimum atomic E-state index is -0.623. The summed E-state index contributed by atoms with van der Waals surface area (Å²) in [4.78, 5) is 32.9. The SMILES string of the molecule is CCCc1ccc(OCC(=O)N/N=C(/C)c2cccc([N+](=O)[O-])c2)c([N+](=O)[O-])c1. The lowest BCUT2D eigenvalue weighted by Gasteiger charge is -2.08. The maximum absolute atomic E-state index is 12.0. The van der Waals surface area contributed by atoms with Gasteiger partial charge in [-0.25, -0.2) is 5.43 Å². The topological polar surface area (TPSA) is 137 Å². The van der Waals surface area contributed by atoms with Crippen molar-refractivity contribution in [2.45, 2.75) is 26.7 Å². The van der Waals surface area contributed by atoms with Gasteiger partial charge in [0.15, 0.2) is 12.4 Å². The van der Waals surface area contributed by atoms with Crippen LogP contribution in [0.3, 0.4) is 0 Å². The highest BCUT2D eigenvalue weighted by atomic mass is 16.6. The van der Waals surface area contributed by atoms with Gasteiger partial charge in [0, 0.05) is 23.8 Å². The smallest absolute Gasteiger partial charge is 0.311 e. The number of rotatable bonds is 9. The third-order valence-electron chi connectivity index (χ3n) is 3.94. The summed E-state index contributed by atoms with van der Waals surface area (Å²) in [7, 11) is 0. The minimum absolute atomic E-state index is 0.00983. The van der Waals surface area contributed by atoms with Crippen molar-refractivity contribution >= 4 is 23.0 Å². The normalized spacial score (nSPS) is 11.0. The molecule has 0 aliphatic rings. The zero-order valence-electron chi connectivity index (χ0n) is 16.0. The lowest BCUT2D eigenvalue weighted by molar-refractivity contribution is -0.385. The Balaban J connectivity index is 2.01. The molecule has 0 saturated carbocycles. The van der Waals surface area contributed by atoms with Gasteiger partial charge in [-0.1, -0.05) is 31.5 Å². The van der Waals surface area contributed by atoms with E-state index in [-0.39, 0.29) is 17.1 Å². The fourth-order valence-corrected chi connectivity index (χ4v) is 2.50. The van der Waals surface area contributed by atoms with Gasteiger partial charge in [0.25, 0.3) is 11.6 Å². The number of non-ortho nitro benzene ring substituents is 1. The predicted octanol–water partition coefficient (Wildman–Crippen LogP) is 3.37. The van der Waals surface area contributed by atoms with Crippen molar-refractivity contribution in [3.05, 3.63) is 73.8 Å². The summed E-state index contributed by atoms with van der Waals surface area (Å²) < 4.78 is 5.27. The first kappa shape index (κ1) is 21.5. The molecule has 0 radical (unpaired) electrons. The highest BCUT2D eigenvalue weighted by Crippen LogP contribution is 2.28. The summed E-state index contributed by atoms with van der Waals surface area (Å²) in [5, 5.41) is 25.9. The fourth-order valence-electron chi connectivity index (χ4n) is 2.50. The number of ether oxygens (including phenoxy) is 1. The Hall–Kier alpha value is -3.82. The Morgan fingerprint density at radius 3 is 2.55 bits per heavy atom. The van der Waals surface area contributed by atoms with E-state index in [9.17, 15) is 25.0 Å². The van der Waals surface area contributed by atoms with Crippen LogP contribution >= 0.6 is 0 Å². The van der Waals surface area contributed by atoms with E-state index in [1.165, 1.54) is 30.3 Å². The van der Waals surface area contributed by atoms with E-state index in [0.29, 0.717) is 17.7 Å². The van der Waals surface area contributed by atoms with Gasteiger partial charge < -0.3 is 4.74 Å². The Labute approximate surface area is 166 Å². The molecular weight excluding hydrogens is 380 g/mol. The van der Waals surface area contributed by atoms with Crippen molar-refractivity contribution in [3.8, 4) is 5.75 Å². The average molecular weight is 400 g/mol. The second-order valence-corrected chi connectivity index (χ2v) is 6.14. The van der Waals surface area contributed by atoms with E-state index in [1.807, 2.05) is 6.92 Å². The number of aryl methyl sites for hydroxylation is 1. The van der Waals surface area contributed by atoms with Crippen LogP contribution in [0.15, 0.2) is 47.6 Å². The number of nitro groups is 2. The van der Waals surface area contributed by atoms with Crippen molar-refractivity contribution in [2.24, 2.45) is 5.10 Å². The van der Waals surface area contributed by atoms with Crippen molar-refractivity contribution in [2.75, 3.05) is 6.61 Å². The standard InChI is InChI=1S/C19H20N4O6/c1-3-5-14-8-9-18(17(10-14)23(27)28)29-12-19(24)21-20-13(2)15-6-4-7-16(11-15)22(25)26/h4,6-11H,3,5,12H2,1-2H3,(H,21,24)/b20-13-. The molecule has 1 N–H and O–H groups in total. The molecule has 0 unspecified atom stereocenters. The average Bonchev–Trinajstić information content (AvgIpc) is 2.71. The molecule has 2 aromatic carbocycles. The van der Waals surface area contributed by atoms with Crippen LogP contribution < -0.4 is 10.2 Å². The molecule has 0 aliphatic carbocycles. The largest absolute Gasteiger partial charge is 0.477 e. The molecule has 0 saturated heterocycles. The monoisotopic (exact) mass is 400 g/mol. The number of hydrazone groups is 1. The molecule has 29 heavy (non-hydrogen) atoms. The third kappa shape index (κ3) is 6.09. The second-order valence-electron chi connectivity index (χ2n) is 6.14. The summed E-state index contributed by atoms with van der Waals surface area (Å²) in [5.74, 6) is -0.633. The first-order chi connectivity index (χ1) is 13.8. The molecule has 152 valence electrons. The number of nitro benzene ring substituents is 2. The molecule has 0 aliphatic heterocycles. The van der Waals surface area contributed by atoms with Crippen molar-refractivity contribution in [1.82, 2.24) is 5.43 Å². The highest BCUT2D eigenvalue weighted by Gasteiger charge is 2.17. The summed E-state index contributed by atoms with van der Waals surface area (Å²) in [5.41, 5.74) is 3.61. The molecule has 0 aromatic heterocycles. The third-order valence-corrected chi connectivity index (χ3v) is 3.94. The van der Waals surface area contributed by atoms with Gasteiger partial charge in [0.05, 0.1) is 15.6 Å². The summed E-state index contributed by atoms with van der Waals surface area (Å²) >= 11 is 0. The van der Waals surface area contributed by atoms with E-state index in [0.717, 1.165) is 12.0 Å². The molecule has 10 heteroatoms. The number of nitrogens with one attached hydrogen (secondary N) is 1. The van der Waals surface area contributed by atoms with E-state index < -0.39 is 22.4 Å². The highest BCUT2D eigenvalue weighted by molar-refractivity contribution is 5.99. The lowest BCUT2D eigenvalue weighted by Crippen LogP contribution is -2.25. The number of carbonyl (C=O) groups excluding carboxylic acids is 1. The molecule has 2 rings (SSSR count). The van der Waals surface area contributed by atoms with Crippen molar-refractivity contribution < 1.29 is 19.4 Å². The van der Waals surface area contributed by atoms with Crippen LogP contribution in [-0.4, -0.2) is 28.1 Å². The van der Waals surface area contributed by atoms with Gasteiger partial charge in [-0.05, 0) is 25.0 Å². The van der Waals surface area contributed by atoms with Gasteiger partial charge in [0.2, 0.25) is 0 Å². The van der Waals surface area contributed by atoms with E-state index in [2.05, 4.69) is 10.5 Å². The van der Waals surface area contributed by atoms with Crippen LogP contribution in [0.4, 0.5) is 11.4 Å².